The van der Waals surface area contributed by atoms with Crippen LogP contribution in [0, 0.1) is 5.92 Å². The topological polar surface area (TPSA) is 58.6 Å². The predicted molar refractivity (Wildman–Crippen MR) is 70.8 cm³/mol. The van der Waals surface area contributed by atoms with Crippen molar-refractivity contribution >= 4 is 5.91 Å². The summed E-state index contributed by atoms with van der Waals surface area (Å²) in [7, 11) is 0. The lowest BCUT2D eigenvalue weighted by Gasteiger charge is -2.09. The van der Waals surface area contributed by atoms with Gasteiger partial charge in [-0.15, -0.1) is 0 Å². The molecule has 2 N–H and O–H groups in total. The van der Waals surface area contributed by atoms with E-state index in [0.29, 0.717) is 31.1 Å². The minimum atomic E-state index is -0.126. The van der Waals surface area contributed by atoms with Crippen molar-refractivity contribution in [1.29, 1.82) is 0 Å². The number of rotatable bonds is 7. The van der Waals surface area contributed by atoms with Crippen LogP contribution in [0.5, 0.6) is 5.75 Å². The fourth-order valence-corrected chi connectivity index (χ4v) is 1.35. The minimum absolute atomic E-state index is 0.0856. The van der Waals surface area contributed by atoms with Crippen LogP contribution in [-0.4, -0.2) is 30.8 Å². The summed E-state index contributed by atoms with van der Waals surface area (Å²) in [4.78, 5) is 11.7. The maximum absolute atomic E-state index is 11.7. The molecule has 18 heavy (non-hydrogen) atoms. The van der Waals surface area contributed by atoms with Gasteiger partial charge in [-0.1, -0.05) is 13.8 Å². The molecule has 0 aliphatic carbocycles. The molecule has 1 aromatic rings. The second kappa shape index (κ2) is 7.71. The monoisotopic (exact) mass is 251 g/mol. The van der Waals surface area contributed by atoms with E-state index in [0.717, 1.165) is 5.75 Å². The number of aliphatic hydroxyl groups excluding tert-OH is 1. The molecule has 4 heteroatoms. The van der Waals surface area contributed by atoms with Crippen LogP contribution < -0.4 is 10.1 Å². The van der Waals surface area contributed by atoms with E-state index in [4.69, 9.17) is 9.84 Å². The zero-order valence-electron chi connectivity index (χ0n) is 11.0. The highest BCUT2D eigenvalue weighted by Crippen LogP contribution is 2.13. The molecular formula is C14H21NO3. The van der Waals surface area contributed by atoms with E-state index in [2.05, 4.69) is 19.2 Å². The van der Waals surface area contributed by atoms with Crippen LogP contribution in [0.25, 0.3) is 0 Å². The van der Waals surface area contributed by atoms with Crippen molar-refractivity contribution in [2.45, 2.75) is 20.3 Å². The molecule has 0 radical (unpaired) electrons. The van der Waals surface area contributed by atoms with Gasteiger partial charge >= 0.3 is 0 Å². The standard InChI is InChI=1S/C14H21NO3/c1-11(2)10-18-13-6-4-12(5-7-13)14(17)15-8-3-9-16/h4-7,11,16H,3,8-10H2,1-2H3,(H,15,17). The van der Waals surface area contributed by atoms with Gasteiger partial charge in [0.1, 0.15) is 5.75 Å². The molecule has 0 aromatic heterocycles. The van der Waals surface area contributed by atoms with Crippen molar-refractivity contribution in [3.05, 3.63) is 29.8 Å². The van der Waals surface area contributed by atoms with Crippen LogP contribution in [0.2, 0.25) is 0 Å². The zero-order valence-corrected chi connectivity index (χ0v) is 11.0. The Labute approximate surface area is 108 Å². The maximum atomic E-state index is 11.7. The van der Waals surface area contributed by atoms with Crippen molar-refractivity contribution in [1.82, 2.24) is 5.32 Å². The van der Waals surface area contributed by atoms with Gasteiger partial charge in [0.05, 0.1) is 6.61 Å². The number of aliphatic hydroxyl groups is 1. The zero-order chi connectivity index (χ0) is 13.4. The van der Waals surface area contributed by atoms with Gasteiger partial charge < -0.3 is 15.2 Å². The Balaban J connectivity index is 2.46. The van der Waals surface area contributed by atoms with E-state index in [-0.39, 0.29) is 12.5 Å². The van der Waals surface area contributed by atoms with Gasteiger partial charge in [0.15, 0.2) is 0 Å². The number of hydrogen-bond donors (Lipinski definition) is 2. The summed E-state index contributed by atoms with van der Waals surface area (Å²) < 4.78 is 5.54. The summed E-state index contributed by atoms with van der Waals surface area (Å²) in [6.07, 6.45) is 0.571. The van der Waals surface area contributed by atoms with Gasteiger partial charge in [0.25, 0.3) is 5.91 Å². The van der Waals surface area contributed by atoms with E-state index in [9.17, 15) is 4.79 Å². The minimum Gasteiger partial charge on any atom is -0.493 e. The summed E-state index contributed by atoms with van der Waals surface area (Å²) in [5, 5.41) is 11.4. The second-order valence-corrected chi connectivity index (χ2v) is 4.56. The van der Waals surface area contributed by atoms with Crippen LogP contribution in [0.1, 0.15) is 30.6 Å². The number of ether oxygens (including phenoxy) is 1. The molecule has 1 rings (SSSR count). The summed E-state index contributed by atoms with van der Waals surface area (Å²) >= 11 is 0. The number of carbonyl (C=O) groups is 1. The quantitative estimate of drug-likeness (QED) is 0.727. The van der Waals surface area contributed by atoms with Gasteiger partial charge in [-0.05, 0) is 36.6 Å². The highest BCUT2D eigenvalue weighted by molar-refractivity contribution is 5.94. The van der Waals surface area contributed by atoms with Crippen LogP contribution in [0.15, 0.2) is 24.3 Å². The van der Waals surface area contributed by atoms with Crippen molar-refractivity contribution in [2.24, 2.45) is 5.92 Å². The Kier molecular flexibility index (Phi) is 6.22. The van der Waals surface area contributed by atoms with Gasteiger partial charge in [0.2, 0.25) is 0 Å². The molecule has 0 atom stereocenters. The molecule has 0 aliphatic rings. The largest absolute Gasteiger partial charge is 0.493 e. The van der Waals surface area contributed by atoms with Crippen molar-refractivity contribution in [3.63, 3.8) is 0 Å². The molecule has 1 amide bonds. The molecule has 0 fully saturated rings. The third-order valence-corrected chi connectivity index (χ3v) is 2.32. The lowest BCUT2D eigenvalue weighted by Crippen LogP contribution is -2.24. The van der Waals surface area contributed by atoms with Crippen molar-refractivity contribution in [3.8, 4) is 5.75 Å². The first-order valence-corrected chi connectivity index (χ1v) is 6.25. The molecule has 100 valence electrons. The number of carbonyl (C=O) groups excluding carboxylic acids is 1. The summed E-state index contributed by atoms with van der Waals surface area (Å²) in [5.41, 5.74) is 0.602. The van der Waals surface area contributed by atoms with E-state index in [1.165, 1.54) is 0 Å². The predicted octanol–water partition coefficient (Wildman–Crippen LogP) is 1.83. The van der Waals surface area contributed by atoms with Gasteiger partial charge in [-0.2, -0.15) is 0 Å². The fourth-order valence-electron chi connectivity index (χ4n) is 1.35. The van der Waals surface area contributed by atoms with Crippen molar-refractivity contribution < 1.29 is 14.6 Å². The Morgan fingerprint density at radius 2 is 2.00 bits per heavy atom. The molecule has 0 unspecified atom stereocenters. The number of benzene rings is 1. The van der Waals surface area contributed by atoms with Crippen molar-refractivity contribution in [2.75, 3.05) is 19.8 Å². The SMILES string of the molecule is CC(C)COc1ccc(C(=O)NCCCO)cc1. The van der Waals surface area contributed by atoms with Crippen LogP contribution in [-0.2, 0) is 0 Å². The second-order valence-electron chi connectivity index (χ2n) is 4.56. The highest BCUT2D eigenvalue weighted by atomic mass is 16.5. The number of amides is 1. The average Bonchev–Trinajstić information content (AvgIpc) is 2.37. The Bertz CT molecular complexity index is 360. The Morgan fingerprint density at radius 1 is 1.33 bits per heavy atom. The number of nitrogens with one attached hydrogen (secondary N) is 1. The third-order valence-electron chi connectivity index (χ3n) is 2.32. The Hall–Kier alpha value is -1.55. The first-order valence-electron chi connectivity index (χ1n) is 6.25. The van der Waals surface area contributed by atoms with Gasteiger partial charge in [-0.3, -0.25) is 4.79 Å². The lowest BCUT2D eigenvalue weighted by molar-refractivity contribution is 0.0951. The molecule has 4 nitrogen and oxygen atoms in total. The Morgan fingerprint density at radius 3 is 2.56 bits per heavy atom. The summed E-state index contributed by atoms with van der Waals surface area (Å²) in [5.74, 6) is 1.13. The van der Waals surface area contributed by atoms with E-state index >= 15 is 0 Å². The lowest BCUT2D eigenvalue weighted by atomic mass is 10.2. The normalized spacial score (nSPS) is 10.4. The van der Waals surface area contributed by atoms with Crippen LogP contribution in [0.4, 0.5) is 0 Å². The molecule has 0 aliphatic heterocycles. The van der Waals surface area contributed by atoms with Gasteiger partial charge in [0, 0.05) is 18.7 Å². The smallest absolute Gasteiger partial charge is 0.251 e. The summed E-state index contributed by atoms with van der Waals surface area (Å²) in [6.45, 7) is 5.41. The molecular weight excluding hydrogens is 230 g/mol. The van der Waals surface area contributed by atoms with Gasteiger partial charge in [-0.25, -0.2) is 0 Å². The fraction of sp³-hybridized carbons (Fsp3) is 0.500. The molecule has 0 saturated carbocycles. The number of hydrogen-bond acceptors (Lipinski definition) is 3. The first kappa shape index (κ1) is 14.5. The van der Waals surface area contributed by atoms with E-state index < -0.39 is 0 Å². The first-order chi connectivity index (χ1) is 8.63. The molecule has 0 saturated heterocycles. The maximum Gasteiger partial charge on any atom is 0.251 e. The molecule has 0 bridgehead atoms. The average molecular weight is 251 g/mol. The molecule has 0 heterocycles. The highest BCUT2D eigenvalue weighted by Gasteiger charge is 2.04. The summed E-state index contributed by atoms with van der Waals surface area (Å²) in [6, 6.07) is 7.07. The molecule has 0 spiro atoms. The van der Waals surface area contributed by atoms with E-state index in [1.807, 2.05) is 0 Å². The molecule has 1 aromatic carbocycles. The third kappa shape index (κ3) is 5.19. The van der Waals surface area contributed by atoms with Crippen LogP contribution >= 0.6 is 0 Å². The van der Waals surface area contributed by atoms with E-state index in [1.54, 1.807) is 24.3 Å². The van der Waals surface area contributed by atoms with Crippen LogP contribution in [0.3, 0.4) is 0 Å².